The van der Waals surface area contributed by atoms with Crippen LogP contribution in [0.15, 0.2) is 39.7 Å². The fourth-order valence-corrected chi connectivity index (χ4v) is 7.98. The van der Waals surface area contributed by atoms with Gasteiger partial charge in [0.2, 0.25) is 0 Å². The molecule has 0 spiro atoms. The van der Waals surface area contributed by atoms with Crippen molar-refractivity contribution in [1.82, 2.24) is 0 Å². The molecule has 0 aromatic heterocycles. The molecule has 0 radical (unpaired) electrons. The Bertz CT molecular complexity index is 1190. The quantitative estimate of drug-likeness (QED) is 0.540. The zero-order valence-corrected chi connectivity index (χ0v) is 20.2. The summed E-state index contributed by atoms with van der Waals surface area (Å²) in [6.45, 7) is 1.77. The van der Waals surface area contributed by atoms with Gasteiger partial charge in [0.25, 0.3) is 5.91 Å². The van der Waals surface area contributed by atoms with Gasteiger partial charge in [0.1, 0.15) is 0 Å². The van der Waals surface area contributed by atoms with E-state index in [1.165, 1.54) is 18.2 Å². The lowest BCUT2D eigenvalue weighted by Crippen LogP contribution is -2.45. The van der Waals surface area contributed by atoms with Gasteiger partial charge in [-0.3, -0.25) is 4.79 Å². The van der Waals surface area contributed by atoms with Crippen molar-refractivity contribution in [3.05, 3.63) is 57.0 Å². The van der Waals surface area contributed by atoms with Crippen LogP contribution in [0.4, 0.5) is 14.5 Å². The number of halogens is 4. The van der Waals surface area contributed by atoms with Gasteiger partial charge < -0.3 is 10.4 Å². The van der Waals surface area contributed by atoms with Crippen molar-refractivity contribution >= 4 is 49.0 Å². The van der Waals surface area contributed by atoms with Crippen LogP contribution in [0, 0.1) is 23.5 Å². The minimum absolute atomic E-state index is 0.0107. The van der Waals surface area contributed by atoms with E-state index in [2.05, 4.69) is 21.2 Å². The summed E-state index contributed by atoms with van der Waals surface area (Å²) < 4.78 is 53.8. The number of aliphatic hydroxyl groups is 1. The molecule has 0 saturated heterocycles. The molecular formula is C22H21BrClF2NO4S. The first-order valence-corrected chi connectivity index (χ1v) is 12.8. The lowest BCUT2D eigenvalue weighted by Gasteiger charge is -2.40. The Morgan fingerprint density at radius 1 is 1.16 bits per heavy atom. The van der Waals surface area contributed by atoms with Crippen molar-refractivity contribution in [2.75, 3.05) is 5.32 Å². The zero-order valence-electron chi connectivity index (χ0n) is 17.0. The van der Waals surface area contributed by atoms with Crippen LogP contribution in [0.1, 0.15) is 43.0 Å². The summed E-state index contributed by atoms with van der Waals surface area (Å²) in [5.41, 5.74) is -0.861. The Kier molecular flexibility index (Phi) is 6.15. The molecule has 2 N–H and O–H groups in total. The van der Waals surface area contributed by atoms with E-state index in [9.17, 15) is 27.1 Å². The molecule has 2 aliphatic carbocycles. The number of rotatable bonds is 4. The van der Waals surface area contributed by atoms with Gasteiger partial charge in [-0.25, -0.2) is 17.2 Å². The predicted octanol–water partition coefficient (Wildman–Crippen LogP) is 5.35. The van der Waals surface area contributed by atoms with E-state index >= 15 is 0 Å². The van der Waals surface area contributed by atoms with Crippen molar-refractivity contribution in [3.8, 4) is 0 Å². The molecule has 4 atom stereocenters. The van der Waals surface area contributed by atoms with Crippen LogP contribution in [0.25, 0.3) is 0 Å². The molecule has 2 fully saturated rings. The molecule has 2 aliphatic rings. The lowest BCUT2D eigenvalue weighted by atomic mass is 9.76. The Balaban J connectivity index is 1.65. The molecule has 10 heteroatoms. The second-order valence-electron chi connectivity index (χ2n) is 8.68. The molecular weight excluding hydrogens is 528 g/mol. The molecule has 2 bridgehead atoms. The van der Waals surface area contributed by atoms with E-state index in [4.69, 9.17) is 11.6 Å². The molecule has 5 nitrogen and oxygen atoms in total. The summed E-state index contributed by atoms with van der Waals surface area (Å²) in [6.07, 6.45) is 2.21. The number of hydrogen-bond donors (Lipinski definition) is 2. The normalized spacial score (nSPS) is 27.4. The summed E-state index contributed by atoms with van der Waals surface area (Å²) in [6, 6.07) is 5.44. The predicted molar refractivity (Wildman–Crippen MR) is 121 cm³/mol. The summed E-state index contributed by atoms with van der Waals surface area (Å²) in [5, 5.41) is 12.4. The number of hydrogen-bond acceptors (Lipinski definition) is 4. The summed E-state index contributed by atoms with van der Waals surface area (Å²) in [4.78, 5) is 12.6. The average molecular weight is 549 g/mol. The fraction of sp³-hybridized carbons (Fsp3) is 0.409. The summed E-state index contributed by atoms with van der Waals surface area (Å²) >= 11 is 9.49. The first-order valence-electron chi connectivity index (χ1n) is 10.1. The van der Waals surface area contributed by atoms with Crippen LogP contribution in [0.5, 0.6) is 0 Å². The van der Waals surface area contributed by atoms with Gasteiger partial charge in [-0.2, -0.15) is 0 Å². The van der Waals surface area contributed by atoms with Crippen molar-refractivity contribution in [1.29, 1.82) is 0 Å². The van der Waals surface area contributed by atoms with E-state index in [0.717, 1.165) is 25.0 Å². The molecule has 2 aromatic carbocycles. The van der Waals surface area contributed by atoms with E-state index in [1.807, 2.05) is 0 Å². The fourth-order valence-electron chi connectivity index (χ4n) is 4.89. The number of sulfone groups is 1. The SMILES string of the molecule is CC1(O)C2CC[C@@H]1CC(S(=O)(=O)c1cc(C(=O)Nc3ccc(F)c(F)c3)c(Br)cc1Cl)C2. The molecule has 172 valence electrons. The van der Waals surface area contributed by atoms with E-state index in [1.54, 1.807) is 6.92 Å². The van der Waals surface area contributed by atoms with Crippen LogP contribution in [0.3, 0.4) is 0 Å². The van der Waals surface area contributed by atoms with Crippen LogP contribution in [-0.2, 0) is 9.84 Å². The average Bonchev–Trinajstić information content (AvgIpc) is 2.87. The van der Waals surface area contributed by atoms with Gasteiger partial charge in [0, 0.05) is 16.2 Å². The second kappa shape index (κ2) is 8.34. The molecule has 0 heterocycles. The zero-order chi connectivity index (χ0) is 23.4. The minimum atomic E-state index is -3.88. The van der Waals surface area contributed by atoms with Gasteiger partial charge in [-0.15, -0.1) is 0 Å². The highest BCUT2D eigenvalue weighted by Crippen LogP contribution is 2.52. The summed E-state index contributed by atoms with van der Waals surface area (Å²) in [5.74, 6) is -3.09. The van der Waals surface area contributed by atoms with Crippen LogP contribution in [-0.4, -0.2) is 30.3 Å². The second-order valence-corrected chi connectivity index (χ2v) is 12.1. The molecule has 1 amide bonds. The van der Waals surface area contributed by atoms with Gasteiger partial charge in [-0.1, -0.05) is 11.6 Å². The number of carbonyl (C=O) groups excluding carboxylic acids is 1. The monoisotopic (exact) mass is 547 g/mol. The lowest BCUT2D eigenvalue weighted by molar-refractivity contribution is -0.0413. The van der Waals surface area contributed by atoms with Crippen LogP contribution < -0.4 is 5.32 Å². The third-order valence-corrected chi connectivity index (χ3v) is 10.1. The Hall–Kier alpha value is -1.55. The number of anilines is 1. The van der Waals surface area contributed by atoms with E-state index in [-0.39, 0.29) is 37.5 Å². The first-order chi connectivity index (χ1) is 14.9. The minimum Gasteiger partial charge on any atom is -0.390 e. The highest BCUT2D eigenvalue weighted by molar-refractivity contribution is 9.10. The molecule has 4 rings (SSSR count). The Morgan fingerprint density at radius 2 is 1.78 bits per heavy atom. The summed E-state index contributed by atoms with van der Waals surface area (Å²) in [7, 11) is -3.88. The number of benzene rings is 2. The molecule has 0 aliphatic heterocycles. The number of nitrogens with one attached hydrogen (secondary N) is 1. The van der Waals surface area contributed by atoms with E-state index < -0.39 is 38.2 Å². The van der Waals surface area contributed by atoms with Gasteiger partial charge in [-0.05, 0) is 84.6 Å². The van der Waals surface area contributed by atoms with Crippen molar-refractivity contribution in [2.24, 2.45) is 11.8 Å². The molecule has 2 aromatic rings. The third-order valence-electron chi connectivity index (χ3n) is 6.80. The maximum atomic E-state index is 13.5. The van der Waals surface area contributed by atoms with Crippen molar-refractivity contribution < 1.29 is 27.1 Å². The van der Waals surface area contributed by atoms with Crippen LogP contribution in [0.2, 0.25) is 5.02 Å². The topological polar surface area (TPSA) is 83.5 Å². The maximum Gasteiger partial charge on any atom is 0.256 e. The Morgan fingerprint density at radius 3 is 2.38 bits per heavy atom. The van der Waals surface area contributed by atoms with Crippen LogP contribution >= 0.6 is 27.5 Å². The highest BCUT2D eigenvalue weighted by atomic mass is 79.9. The smallest absolute Gasteiger partial charge is 0.256 e. The number of amides is 1. The molecule has 3 unspecified atom stereocenters. The largest absolute Gasteiger partial charge is 0.390 e. The van der Waals surface area contributed by atoms with Gasteiger partial charge in [0.15, 0.2) is 21.5 Å². The Labute approximate surface area is 198 Å². The van der Waals surface area contributed by atoms with Gasteiger partial charge >= 0.3 is 0 Å². The van der Waals surface area contributed by atoms with Crippen molar-refractivity contribution in [3.63, 3.8) is 0 Å². The number of fused-ring (bicyclic) bond motifs is 2. The number of carbonyl (C=O) groups is 1. The maximum absolute atomic E-state index is 13.5. The molecule has 2 saturated carbocycles. The van der Waals surface area contributed by atoms with Gasteiger partial charge in [0.05, 0.1) is 26.3 Å². The van der Waals surface area contributed by atoms with Crippen molar-refractivity contribution in [2.45, 2.75) is 48.4 Å². The standard InChI is InChI=1S/C22H21BrClF2NO4S/c1-22(29)11-2-3-12(22)7-14(6-11)32(30,31)20-9-15(16(23)10-17(20)24)21(28)27-13-4-5-18(25)19(26)8-13/h4-5,8-12,14,29H,2-3,6-7H2,1H3,(H,27,28)/t11-,12?,14?,22?/m1/s1. The third kappa shape index (κ3) is 4.08. The molecule has 32 heavy (non-hydrogen) atoms. The van der Waals surface area contributed by atoms with E-state index in [0.29, 0.717) is 12.8 Å². The first kappa shape index (κ1) is 23.6. The highest BCUT2D eigenvalue weighted by Gasteiger charge is 2.53.